The van der Waals surface area contributed by atoms with E-state index in [9.17, 15) is 0 Å². The molecule has 0 aliphatic heterocycles. The SMILES string of the molecule is CCCCCCCCCCCCCCP(Br)(CCCCCC)(CCCCCC)CCCCCC.CCCCCCCCCCCCCCP(Br)(CCCCCC)(CCCCCC)CCCCCC.CCCCCCCCCCCCCCP(Br)(CCCCCC)(CCCCCC)CCCCCC. The normalized spacial score (nSPS) is 13.3. The quantitative estimate of drug-likeness (QED) is 0.0421. The minimum atomic E-state index is -1.72. The summed E-state index contributed by atoms with van der Waals surface area (Å²) in [5, 5.41) is -5.17. The monoisotopic (exact) mass is 1690 g/mol. The topological polar surface area (TPSA) is 0 Å². The fourth-order valence-electron chi connectivity index (χ4n) is 17.5. The van der Waals surface area contributed by atoms with Crippen LogP contribution < -0.4 is 0 Å². The molecule has 0 aliphatic carbocycles. The van der Waals surface area contributed by atoms with Crippen LogP contribution in [0.4, 0.5) is 0 Å². The Morgan fingerprint density at radius 2 is 0.157 bits per heavy atom. The third-order valence-electron chi connectivity index (χ3n) is 24.8. The summed E-state index contributed by atoms with van der Waals surface area (Å²) in [7, 11) is 0. The van der Waals surface area contributed by atoms with Crippen molar-refractivity contribution >= 4 is 62.4 Å². The standard InChI is InChI=1S/3C32H68BrP/c3*1-5-9-13-17-18-19-20-21-22-23-24-28-32-34(33,29-25-14-10-6-2,30-26-15-11-7-3)31-27-16-12-8-4/h3*5-32H2,1-4H3. The van der Waals surface area contributed by atoms with Crippen molar-refractivity contribution in [3.8, 4) is 0 Å². The molecule has 6 heteroatoms. The molecule has 0 amide bonds. The van der Waals surface area contributed by atoms with Crippen molar-refractivity contribution in [2.45, 2.75) is 545 Å². The van der Waals surface area contributed by atoms with Crippen molar-refractivity contribution in [1.82, 2.24) is 0 Å². The van der Waals surface area contributed by atoms with Crippen LogP contribution >= 0.6 is 62.4 Å². The molecule has 0 saturated heterocycles. The van der Waals surface area contributed by atoms with E-state index in [0.29, 0.717) is 0 Å². The first-order chi connectivity index (χ1) is 49.6. The average molecular weight is 1690 g/mol. The molecule has 0 atom stereocenters. The van der Waals surface area contributed by atoms with Gasteiger partial charge in [-0.2, -0.15) is 0 Å². The molecule has 0 aromatic heterocycles. The van der Waals surface area contributed by atoms with Crippen molar-refractivity contribution in [1.29, 1.82) is 0 Å². The van der Waals surface area contributed by atoms with E-state index in [2.05, 4.69) is 83.1 Å². The summed E-state index contributed by atoms with van der Waals surface area (Å²) in [4.78, 5) is 0. The Kier molecular flexibility index (Phi) is 85.8. The van der Waals surface area contributed by atoms with Gasteiger partial charge in [0, 0.05) is 0 Å². The summed E-state index contributed by atoms with van der Waals surface area (Å²) < 4.78 is 0. The number of rotatable bonds is 84. The Bertz CT molecular complexity index is 1300. The molecule has 0 heterocycles. The van der Waals surface area contributed by atoms with Gasteiger partial charge in [0.05, 0.1) is 0 Å². The second-order valence-electron chi connectivity index (χ2n) is 35.4. The first kappa shape index (κ1) is 109. The fourth-order valence-corrected chi connectivity index (χ4v) is 42.7. The molecule has 0 aliphatic rings. The third kappa shape index (κ3) is 70.6. The average Bonchev–Trinajstić information content (AvgIpc) is 0.807. The predicted molar refractivity (Wildman–Crippen MR) is 506 cm³/mol. The van der Waals surface area contributed by atoms with Crippen molar-refractivity contribution in [3.63, 3.8) is 0 Å². The molecule has 624 valence electrons. The predicted octanol–water partition coefficient (Wildman–Crippen LogP) is 39.9. The fraction of sp³-hybridized carbons (Fsp3) is 1.00. The second kappa shape index (κ2) is 80.3. The van der Waals surface area contributed by atoms with E-state index in [4.69, 9.17) is 46.5 Å². The molecule has 0 N–H and O–H groups in total. The molecule has 0 aromatic rings. The van der Waals surface area contributed by atoms with Gasteiger partial charge in [-0.3, -0.25) is 0 Å². The first-order valence-corrected chi connectivity index (χ1v) is 63.8. The number of hydrogen-bond donors (Lipinski definition) is 0. The molecule has 0 fully saturated rings. The van der Waals surface area contributed by atoms with Crippen LogP contribution in [0.15, 0.2) is 0 Å². The number of hydrogen-bond acceptors (Lipinski definition) is 0. The van der Waals surface area contributed by atoms with Crippen molar-refractivity contribution in [2.24, 2.45) is 0 Å². The van der Waals surface area contributed by atoms with Gasteiger partial charge in [-0.15, -0.1) is 0 Å². The summed E-state index contributed by atoms with van der Waals surface area (Å²) >= 11 is 14.1. The summed E-state index contributed by atoms with van der Waals surface area (Å²) in [6, 6.07) is 0. The molecule has 0 radical (unpaired) electrons. The van der Waals surface area contributed by atoms with E-state index in [1.165, 1.54) is 462 Å². The van der Waals surface area contributed by atoms with Crippen LogP contribution in [0.2, 0.25) is 0 Å². The summed E-state index contributed by atoms with van der Waals surface area (Å²) in [5.74, 6) is 0. The molecule has 0 spiro atoms. The third-order valence-corrected chi connectivity index (χ3v) is 54.8. The van der Waals surface area contributed by atoms with Crippen LogP contribution in [-0.2, 0) is 0 Å². The van der Waals surface area contributed by atoms with Crippen LogP contribution in [0.3, 0.4) is 0 Å². The van der Waals surface area contributed by atoms with Crippen LogP contribution in [0.1, 0.15) is 545 Å². The van der Waals surface area contributed by atoms with Gasteiger partial charge in [0.25, 0.3) is 0 Å². The van der Waals surface area contributed by atoms with E-state index in [1.54, 1.807) is 73.9 Å². The molecule has 0 bridgehead atoms. The zero-order valence-corrected chi connectivity index (χ0v) is 81.3. The van der Waals surface area contributed by atoms with Crippen molar-refractivity contribution < 1.29 is 0 Å². The molecular weight excluding hydrogens is 1490 g/mol. The van der Waals surface area contributed by atoms with Crippen molar-refractivity contribution in [2.75, 3.05) is 73.9 Å². The molecule has 0 saturated carbocycles. The van der Waals surface area contributed by atoms with Gasteiger partial charge in [-0.05, 0) is 0 Å². The van der Waals surface area contributed by atoms with Gasteiger partial charge in [-0.25, -0.2) is 0 Å². The molecule has 0 nitrogen and oxygen atoms in total. The Morgan fingerprint density at radius 3 is 0.235 bits per heavy atom. The summed E-state index contributed by atoms with van der Waals surface area (Å²) in [5.41, 5.74) is 0. The Labute approximate surface area is 676 Å². The van der Waals surface area contributed by atoms with Gasteiger partial charge in [0.1, 0.15) is 0 Å². The van der Waals surface area contributed by atoms with Crippen LogP contribution in [0, 0.1) is 0 Å². The zero-order valence-electron chi connectivity index (χ0n) is 73.9. The Morgan fingerprint density at radius 1 is 0.0980 bits per heavy atom. The van der Waals surface area contributed by atoms with E-state index in [0.717, 1.165) is 0 Å². The molecule has 0 aromatic carbocycles. The van der Waals surface area contributed by atoms with E-state index in [-0.39, 0.29) is 0 Å². The van der Waals surface area contributed by atoms with E-state index in [1.807, 2.05) is 0 Å². The zero-order chi connectivity index (χ0) is 75.7. The van der Waals surface area contributed by atoms with E-state index < -0.39 is 15.9 Å². The first-order valence-electron chi connectivity index (χ1n) is 48.8. The van der Waals surface area contributed by atoms with Gasteiger partial charge >= 0.3 is 642 Å². The number of unbranched alkanes of at least 4 members (excludes halogenated alkanes) is 60. The summed E-state index contributed by atoms with van der Waals surface area (Å²) in [6.45, 7) is 28.2. The van der Waals surface area contributed by atoms with Gasteiger partial charge in [0.15, 0.2) is 0 Å². The Balaban J connectivity index is -0.00000144. The van der Waals surface area contributed by atoms with Gasteiger partial charge < -0.3 is 0 Å². The molecule has 102 heavy (non-hydrogen) atoms. The van der Waals surface area contributed by atoms with Gasteiger partial charge in [-0.1, -0.05) is 40.0 Å². The minimum absolute atomic E-state index is 1.37. The molecule has 0 unspecified atom stereocenters. The van der Waals surface area contributed by atoms with Gasteiger partial charge in [0.2, 0.25) is 0 Å². The number of halogens is 3. The maximum absolute atomic E-state index is 4.71. The van der Waals surface area contributed by atoms with Crippen LogP contribution in [-0.4, -0.2) is 73.9 Å². The van der Waals surface area contributed by atoms with E-state index >= 15 is 0 Å². The molecule has 0 rings (SSSR count). The summed E-state index contributed by atoms with van der Waals surface area (Å²) in [6.07, 6.45) is 123. The van der Waals surface area contributed by atoms with Crippen LogP contribution in [0.25, 0.3) is 0 Å². The molecular formula is C96H204Br3P3. The second-order valence-corrected chi connectivity index (χ2v) is 69.7. The van der Waals surface area contributed by atoms with Crippen LogP contribution in [0.5, 0.6) is 0 Å². The maximum atomic E-state index is 4.71. The Hall–Kier alpha value is 2.73. The van der Waals surface area contributed by atoms with Crippen molar-refractivity contribution in [3.05, 3.63) is 0 Å².